The monoisotopic (exact) mass is 666 g/mol. The maximum Gasteiger partial charge on any atom is 0.303 e. The highest BCUT2D eigenvalue weighted by Crippen LogP contribution is 2.39. The molecule has 9 nitrogen and oxygen atoms in total. The molecule has 5 rings (SSSR count). The molecule has 258 valence electrons. The Morgan fingerprint density at radius 1 is 0.878 bits per heavy atom. The number of hydrogen-bond acceptors (Lipinski definition) is 8. The van der Waals surface area contributed by atoms with Crippen LogP contribution in [0.1, 0.15) is 73.5 Å². The first-order chi connectivity index (χ1) is 23.6. The molecule has 1 saturated heterocycles. The highest BCUT2D eigenvalue weighted by Gasteiger charge is 2.34. The fraction of sp³-hybridized carbons (Fsp3) is 0.350. The van der Waals surface area contributed by atoms with E-state index in [2.05, 4.69) is 10.2 Å². The number of aliphatic hydroxyl groups excluding tert-OH is 2. The zero-order chi connectivity index (χ0) is 34.9. The highest BCUT2D eigenvalue weighted by atomic mass is 16.7. The van der Waals surface area contributed by atoms with Crippen molar-refractivity contribution >= 4 is 11.9 Å². The number of carbonyl (C=O) groups is 2. The Morgan fingerprint density at radius 2 is 1.57 bits per heavy atom. The Hall–Kier alpha value is -4.38. The zero-order valence-electron chi connectivity index (χ0n) is 28.5. The molecule has 0 saturated carbocycles. The van der Waals surface area contributed by atoms with Crippen LogP contribution < -0.4 is 5.32 Å². The number of amides is 1. The van der Waals surface area contributed by atoms with Crippen molar-refractivity contribution in [3.05, 3.63) is 131 Å². The predicted octanol–water partition coefficient (Wildman–Crippen LogP) is 6.01. The van der Waals surface area contributed by atoms with Gasteiger partial charge in [0, 0.05) is 38.0 Å². The molecule has 0 unspecified atom stereocenters. The minimum Gasteiger partial charge on any atom is -0.453 e. The third kappa shape index (κ3) is 9.62. The van der Waals surface area contributed by atoms with Gasteiger partial charge in [0.05, 0.1) is 24.9 Å². The Balaban J connectivity index is 1.30. The fourth-order valence-electron chi connectivity index (χ4n) is 6.02. The van der Waals surface area contributed by atoms with E-state index < -0.39 is 24.5 Å². The van der Waals surface area contributed by atoms with Crippen molar-refractivity contribution < 1.29 is 34.0 Å². The summed E-state index contributed by atoms with van der Waals surface area (Å²) in [7, 11) is 2.00. The van der Waals surface area contributed by atoms with E-state index in [-0.39, 0.29) is 30.8 Å². The number of likely N-dealkylation sites (N-methyl/N-ethyl adjacent to an activating group) is 1. The lowest BCUT2D eigenvalue weighted by Crippen LogP contribution is -2.43. The summed E-state index contributed by atoms with van der Waals surface area (Å²) in [5.74, 6) is -0.855. The average Bonchev–Trinajstić information content (AvgIpc) is 3.13. The van der Waals surface area contributed by atoms with Gasteiger partial charge in [-0.3, -0.25) is 14.5 Å². The van der Waals surface area contributed by atoms with Crippen LogP contribution in [0.5, 0.6) is 0 Å². The molecule has 4 aromatic carbocycles. The number of aliphatic hydroxyl groups is 2. The normalized spacial score (nSPS) is 19.5. The number of nitrogens with zero attached hydrogens (tertiary/aromatic N) is 1. The molecule has 9 heteroatoms. The van der Waals surface area contributed by atoms with Crippen molar-refractivity contribution in [1.82, 2.24) is 10.2 Å². The molecule has 1 heterocycles. The number of benzene rings is 4. The first-order valence-corrected chi connectivity index (χ1v) is 16.7. The Bertz CT molecular complexity index is 1660. The number of ether oxygens (including phenoxy) is 3. The second-order valence-electron chi connectivity index (χ2n) is 12.7. The minimum atomic E-state index is -0.860. The van der Waals surface area contributed by atoms with Gasteiger partial charge < -0.3 is 29.7 Å². The van der Waals surface area contributed by atoms with Gasteiger partial charge in [-0.1, -0.05) is 97.1 Å². The van der Waals surface area contributed by atoms with E-state index in [9.17, 15) is 19.8 Å². The smallest absolute Gasteiger partial charge is 0.303 e. The van der Waals surface area contributed by atoms with Gasteiger partial charge in [-0.15, -0.1) is 0 Å². The van der Waals surface area contributed by atoms with Crippen LogP contribution in [-0.2, 0) is 37.0 Å². The first kappa shape index (κ1) is 35.9. The summed E-state index contributed by atoms with van der Waals surface area (Å²) in [5.41, 5.74) is 6.51. The van der Waals surface area contributed by atoms with Gasteiger partial charge in [0.1, 0.15) is 0 Å². The van der Waals surface area contributed by atoms with E-state index in [0.29, 0.717) is 19.5 Å². The van der Waals surface area contributed by atoms with Crippen molar-refractivity contribution in [2.24, 2.45) is 0 Å². The molecule has 0 aliphatic carbocycles. The van der Waals surface area contributed by atoms with Crippen LogP contribution in [0.4, 0.5) is 0 Å². The highest BCUT2D eigenvalue weighted by molar-refractivity contribution is 5.82. The van der Waals surface area contributed by atoms with Crippen LogP contribution >= 0.6 is 0 Å². The third-order valence-electron chi connectivity index (χ3n) is 9.02. The molecular formula is C40H46N2O7. The van der Waals surface area contributed by atoms with E-state index in [1.807, 2.05) is 117 Å². The number of hydrogen-bond donors (Lipinski definition) is 3. The summed E-state index contributed by atoms with van der Waals surface area (Å²) in [4.78, 5) is 25.6. The van der Waals surface area contributed by atoms with Gasteiger partial charge in [0.15, 0.2) is 12.4 Å². The van der Waals surface area contributed by atoms with Crippen LogP contribution in [0.25, 0.3) is 11.1 Å². The van der Waals surface area contributed by atoms with E-state index >= 15 is 0 Å². The summed E-state index contributed by atoms with van der Waals surface area (Å²) in [6.45, 7) is 5.71. The van der Waals surface area contributed by atoms with E-state index in [1.54, 1.807) is 6.92 Å². The number of rotatable bonds is 13. The molecule has 4 aromatic rings. The molecule has 1 aliphatic rings. The molecular weight excluding hydrogens is 620 g/mol. The summed E-state index contributed by atoms with van der Waals surface area (Å²) in [6, 6.07) is 33.3. The fourth-order valence-corrected chi connectivity index (χ4v) is 6.02. The summed E-state index contributed by atoms with van der Waals surface area (Å²) >= 11 is 0. The molecule has 6 atom stereocenters. The van der Waals surface area contributed by atoms with Crippen LogP contribution in [0.15, 0.2) is 103 Å². The third-order valence-corrected chi connectivity index (χ3v) is 9.02. The van der Waals surface area contributed by atoms with Crippen molar-refractivity contribution in [3.63, 3.8) is 0 Å². The summed E-state index contributed by atoms with van der Waals surface area (Å²) in [5, 5.41) is 23.5. The number of esters is 1. The molecule has 0 radical (unpaired) electrons. The van der Waals surface area contributed by atoms with Gasteiger partial charge in [-0.2, -0.15) is 0 Å². The molecule has 1 fully saturated rings. The lowest BCUT2D eigenvalue weighted by molar-refractivity contribution is -0.253. The van der Waals surface area contributed by atoms with E-state index in [1.165, 1.54) is 6.92 Å². The van der Waals surface area contributed by atoms with Gasteiger partial charge in [0.2, 0.25) is 0 Å². The van der Waals surface area contributed by atoms with Gasteiger partial charge >= 0.3 is 5.97 Å². The molecule has 1 aliphatic heterocycles. The molecule has 3 N–H and O–H groups in total. The average molecular weight is 667 g/mol. The quantitative estimate of drug-likeness (QED) is 0.149. The van der Waals surface area contributed by atoms with E-state index in [0.717, 1.165) is 38.9 Å². The molecule has 49 heavy (non-hydrogen) atoms. The minimum absolute atomic E-state index is 0.0221. The number of carbonyl (C=O) groups excluding carboxylic acids is 2. The lowest BCUT2D eigenvalue weighted by Gasteiger charge is -2.39. The van der Waals surface area contributed by atoms with Crippen molar-refractivity contribution in [1.29, 1.82) is 0 Å². The molecule has 0 aromatic heterocycles. The largest absolute Gasteiger partial charge is 0.453 e. The standard InChI is InChI=1S/C40H46N2O7/c1-26(38(45)33-10-6-5-7-11-33)42(4)24-36-22-37(32-15-13-29(25-43)14-16-32)49-40(48-36)34-19-17-31(18-20-34)35-12-8-9-30(21-35)23-41-39(46)27(2)47-28(3)44/h5-21,26-27,36-38,40,43,45H,22-25H2,1-4H3,(H,41,46)/t26-,27-,36+,37-,38-,40-/m0/s1. The van der Waals surface area contributed by atoms with Crippen molar-refractivity contribution in [3.8, 4) is 11.1 Å². The van der Waals surface area contributed by atoms with Crippen molar-refractivity contribution in [2.45, 2.75) is 77.1 Å². The lowest BCUT2D eigenvalue weighted by atomic mass is 9.98. The predicted molar refractivity (Wildman–Crippen MR) is 187 cm³/mol. The van der Waals surface area contributed by atoms with Crippen molar-refractivity contribution in [2.75, 3.05) is 13.6 Å². The second kappa shape index (κ2) is 16.8. The van der Waals surface area contributed by atoms with Crippen LogP contribution in [-0.4, -0.2) is 58.8 Å². The van der Waals surface area contributed by atoms with Gasteiger partial charge in [0.25, 0.3) is 5.91 Å². The van der Waals surface area contributed by atoms with Gasteiger partial charge in [-0.25, -0.2) is 0 Å². The van der Waals surface area contributed by atoms with Crippen LogP contribution in [0, 0.1) is 0 Å². The molecule has 0 spiro atoms. The Kier molecular flexibility index (Phi) is 12.3. The van der Waals surface area contributed by atoms with Crippen LogP contribution in [0.3, 0.4) is 0 Å². The molecule has 1 amide bonds. The SMILES string of the molecule is CC(=O)O[C@@H](C)C(=O)NCc1cccc(-c2ccc([C@H]3O[C@@H](CN(C)[C@@H](C)[C@H](O)c4ccccc4)C[C@@H](c4ccc(CO)cc4)O3)cc2)c1. The summed E-state index contributed by atoms with van der Waals surface area (Å²) < 4.78 is 18.1. The maximum atomic E-state index is 12.3. The topological polar surface area (TPSA) is 118 Å². The Labute approximate surface area is 288 Å². The summed E-state index contributed by atoms with van der Waals surface area (Å²) in [6.07, 6.45) is -1.88. The maximum absolute atomic E-state index is 12.3. The van der Waals surface area contributed by atoms with Gasteiger partial charge in [-0.05, 0) is 60.3 Å². The van der Waals surface area contributed by atoms with E-state index in [4.69, 9.17) is 14.2 Å². The molecule has 0 bridgehead atoms. The first-order valence-electron chi connectivity index (χ1n) is 16.7. The second-order valence-corrected chi connectivity index (χ2v) is 12.7. The Morgan fingerprint density at radius 3 is 2.24 bits per heavy atom. The van der Waals surface area contributed by atoms with Crippen LogP contribution in [0.2, 0.25) is 0 Å². The zero-order valence-corrected chi connectivity index (χ0v) is 28.5. The number of nitrogens with one attached hydrogen (secondary N) is 1.